The predicted molar refractivity (Wildman–Crippen MR) is 84.5 cm³/mol. The monoisotopic (exact) mass is 271 g/mol. The van der Waals surface area contributed by atoms with E-state index >= 15 is 0 Å². The Bertz CT molecular complexity index is 646. The van der Waals surface area contributed by atoms with Crippen LogP contribution in [0.1, 0.15) is 32.3 Å². The van der Waals surface area contributed by atoms with Crippen molar-refractivity contribution in [2.24, 2.45) is 0 Å². The van der Waals surface area contributed by atoms with Crippen molar-refractivity contribution in [2.45, 2.75) is 40.2 Å². The topological polar surface area (TPSA) is 4.93 Å². The Morgan fingerprint density at radius 3 is 2.55 bits per heavy atom. The standard InChI is InChI=1S/C16H16FN.C2H6/c1-12-10-18(16-5-3-2-4-15(12)16)11-13-6-8-14(17)9-7-13;1-2/h2-6,8,10H,7,9,11H2,1H3;1-2H3. The van der Waals surface area contributed by atoms with Gasteiger partial charge in [-0.3, -0.25) is 0 Å². The molecule has 0 saturated heterocycles. The lowest BCUT2D eigenvalue weighted by Gasteiger charge is -2.12. The van der Waals surface area contributed by atoms with Gasteiger partial charge in [0, 0.05) is 30.1 Å². The van der Waals surface area contributed by atoms with Crippen molar-refractivity contribution in [3.05, 3.63) is 59.6 Å². The first-order chi connectivity index (χ1) is 9.74. The van der Waals surface area contributed by atoms with E-state index in [0.29, 0.717) is 6.42 Å². The van der Waals surface area contributed by atoms with Gasteiger partial charge in [-0.2, -0.15) is 0 Å². The van der Waals surface area contributed by atoms with Gasteiger partial charge in [-0.1, -0.05) is 43.7 Å². The van der Waals surface area contributed by atoms with Crippen molar-refractivity contribution >= 4 is 10.9 Å². The van der Waals surface area contributed by atoms with Gasteiger partial charge in [-0.05, 0) is 31.1 Å². The number of hydrogen-bond donors (Lipinski definition) is 0. The van der Waals surface area contributed by atoms with E-state index in [0.717, 1.165) is 13.0 Å². The summed E-state index contributed by atoms with van der Waals surface area (Å²) in [5, 5.41) is 1.30. The van der Waals surface area contributed by atoms with Crippen LogP contribution in [0.4, 0.5) is 4.39 Å². The fraction of sp³-hybridized carbons (Fsp3) is 0.333. The highest BCUT2D eigenvalue weighted by molar-refractivity contribution is 5.83. The van der Waals surface area contributed by atoms with Crippen LogP contribution < -0.4 is 0 Å². The quantitative estimate of drug-likeness (QED) is 0.675. The molecule has 0 unspecified atom stereocenters. The van der Waals surface area contributed by atoms with E-state index in [4.69, 9.17) is 0 Å². The van der Waals surface area contributed by atoms with Crippen molar-refractivity contribution in [3.63, 3.8) is 0 Å². The summed E-state index contributed by atoms with van der Waals surface area (Å²) in [6.45, 7) is 6.99. The fourth-order valence-electron chi connectivity index (χ4n) is 2.57. The molecule has 0 bridgehead atoms. The number of allylic oxidation sites excluding steroid dienone is 4. The molecular weight excluding hydrogens is 249 g/mol. The Morgan fingerprint density at radius 1 is 1.10 bits per heavy atom. The lowest BCUT2D eigenvalue weighted by Crippen LogP contribution is -2.01. The summed E-state index contributed by atoms with van der Waals surface area (Å²) in [6, 6.07) is 8.42. The predicted octanol–water partition coefficient (Wildman–Crippen LogP) is 5.55. The van der Waals surface area contributed by atoms with Crippen LogP contribution in [0.25, 0.3) is 10.9 Å². The van der Waals surface area contributed by atoms with Crippen LogP contribution in [0.5, 0.6) is 0 Å². The van der Waals surface area contributed by atoms with E-state index in [1.807, 2.05) is 19.9 Å². The summed E-state index contributed by atoms with van der Waals surface area (Å²) in [4.78, 5) is 0. The zero-order chi connectivity index (χ0) is 14.5. The smallest absolute Gasteiger partial charge is 0.100 e. The highest BCUT2D eigenvalue weighted by Crippen LogP contribution is 2.25. The first kappa shape index (κ1) is 14.6. The molecule has 1 nitrogen and oxygen atoms in total. The summed E-state index contributed by atoms with van der Waals surface area (Å²) in [5.74, 6) is -0.00713. The van der Waals surface area contributed by atoms with Gasteiger partial charge in [0.1, 0.15) is 5.83 Å². The van der Waals surface area contributed by atoms with Crippen molar-refractivity contribution < 1.29 is 4.39 Å². The minimum absolute atomic E-state index is 0.00713. The molecule has 1 aromatic carbocycles. The maximum Gasteiger partial charge on any atom is 0.100 e. The second kappa shape index (κ2) is 6.56. The summed E-state index contributed by atoms with van der Waals surface area (Å²) in [6.07, 6.45) is 7.07. The van der Waals surface area contributed by atoms with E-state index < -0.39 is 0 Å². The molecule has 0 N–H and O–H groups in total. The first-order valence-electron chi connectivity index (χ1n) is 7.32. The molecule has 106 valence electrons. The van der Waals surface area contributed by atoms with Crippen LogP contribution in [0.2, 0.25) is 0 Å². The minimum Gasteiger partial charge on any atom is -0.343 e. The molecule has 20 heavy (non-hydrogen) atoms. The van der Waals surface area contributed by atoms with Crippen LogP contribution in [-0.2, 0) is 6.54 Å². The highest BCUT2D eigenvalue weighted by atomic mass is 19.1. The minimum atomic E-state index is -0.00713. The van der Waals surface area contributed by atoms with E-state index in [1.165, 1.54) is 22.0 Å². The molecule has 1 aliphatic rings. The Labute approximate surface area is 120 Å². The van der Waals surface area contributed by atoms with Gasteiger partial charge in [0.05, 0.1) is 0 Å². The average molecular weight is 271 g/mol. The van der Waals surface area contributed by atoms with E-state index in [2.05, 4.69) is 42.0 Å². The van der Waals surface area contributed by atoms with Crippen molar-refractivity contribution in [1.82, 2.24) is 4.57 Å². The van der Waals surface area contributed by atoms with Crippen molar-refractivity contribution in [1.29, 1.82) is 0 Å². The lowest BCUT2D eigenvalue weighted by atomic mass is 10.0. The normalized spacial score (nSPS) is 14.4. The third-order valence-electron chi connectivity index (χ3n) is 3.55. The van der Waals surface area contributed by atoms with Gasteiger partial charge in [-0.15, -0.1) is 0 Å². The first-order valence-corrected chi connectivity index (χ1v) is 7.32. The Kier molecular flexibility index (Phi) is 4.78. The summed E-state index contributed by atoms with van der Waals surface area (Å²) in [5.41, 5.74) is 3.84. The molecule has 1 aromatic heterocycles. The number of para-hydroxylation sites is 1. The molecule has 0 amide bonds. The number of rotatable bonds is 2. The molecule has 0 fully saturated rings. The van der Waals surface area contributed by atoms with Gasteiger partial charge in [0.15, 0.2) is 0 Å². The van der Waals surface area contributed by atoms with Gasteiger partial charge >= 0.3 is 0 Å². The maximum atomic E-state index is 13.0. The zero-order valence-electron chi connectivity index (χ0n) is 12.5. The Hall–Kier alpha value is -1.83. The molecule has 1 heterocycles. The Balaban J connectivity index is 0.000000704. The number of aromatic nitrogens is 1. The molecule has 0 atom stereocenters. The van der Waals surface area contributed by atoms with E-state index in [9.17, 15) is 4.39 Å². The highest BCUT2D eigenvalue weighted by Gasteiger charge is 2.09. The molecule has 0 spiro atoms. The SMILES string of the molecule is CC.Cc1cn(CC2=CC=C(F)CC2)c2ccccc12. The van der Waals surface area contributed by atoms with Crippen LogP contribution in [0.15, 0.2) is 54.0 Å². The molecule has 0 radical (unpaired) electrons. The number of hydrogen-bond acceptors (Lipinski definition) is 0. The van der Waals surface area contributed by atoms with Crippen LogP contribution in [0.3, 0.4) is 0 Å². The average Bonchev–Trinajstić information content (AvgIpc) is 2.81. The number of fused-ring (bicyclic) bond motifs is 1. The van der Waals surface area contributed by atoms with Gasteiger partial charge in [0.2, 0.25) is 0 Å². The van der Waals surface area contributed by atoms with Crippen LogP contribution in [0, 0.1) is 6.92 Å². The summed E-state index contributed by atoms with van der Waals surface area (Å²) >= 11 is 0. The number of nitrogens with zero attached hydrogens (tertiary/aromatic N) is 1. The molecule has 3 rings (SSSR count). The molecule has 1 aliphatic carbocycles. The zero-order valence-corrected chi connectivity index (χ0v) is 12.5. The fourth-order valence-corrected chi connectivity index (χ4v) is 2.57. The van der Waals surface area contributed by atoms with Gasteiger partial charge in [-0.25, -0.2) is 4.39 Å². The van der Waals surface area contributed by atoms with Gasteiger partial charge in [0.25, 0.3) is 0 Å². The maximum absolute atomic E-state index is 13.0. The number of halogens is 1. The molecule has 2 heteroatoms. The van der Waals surface area contributed by atoms with Gasteiger partial charge < -0.3 is 4.57 Å². The number of benzene rings is 1. The molecular formula is C18H22FN. The van der Waals surface area contributed by atoms with Crippen molar-refractivity contribution in [3.8, 4) is 0 Å². The molecule has 2 aromatic rings. The van der Waals surface area contributed by atoms with Crippen LogP contribution >= 0.6 is 0 Å². The molecule has 0 aliphatic heterocycles. The van der Waals surface area contributed by atoms with E-state index in [-0.39, 0.29) is 5.83 Å². The second-order valence-corrected chi connectivity index (χ2v) is 4.90. The lowest BCUT2D eigenvalue weighted by molar-refractivity contribution is 0.574. The Morgan fingerprint density at radius 2 is 1.85 bits per heavy atom. The van der Waals surface area contributed by atoms with Crippen LogP contribution in [-0.4, -0.2) is 4.57 Å². The molecule has 0 saturated carbocycles. The summed E-state index contributed by atoms with van der Waals surface area (Å²) in [7, 11) is 0. The largest absolute Gasteiger partial charge is 0.343 e. The second-order valence-electron chi connectivity index (χ2n) is 4.90. The van der Waals surface area contributed by atoms with E-state index in [1.54, 1.807) is 6.08 Å². The third-order valence-corrected chi connectivity index (χ3v) is 3.55. The summed E-state index contributed by atoms with van der Waals surface area (Å²) < 4.78 is 15.2. The number of aryl methyl sites for hydroxylation is 1. The van der Waals surface area contributed by atoms with Crippen molar-refractivity contribution in [2.75, 3.05) is 0 Å². The third kappa shape index (κ3) is 3.01.